The Hall–Kier alpha value is -2.21. The molecular formula is C17H19NO2. The van der Waals surface area contributed by atoms with E-state index < -0.39 is 6.09 Å². The van der Waals surface area contributed by atoms with Gasteiger partial charge in [0.1, 0.15) is 0 Å². The molecule has 1 aromatic carbocycles. The van der Waals surface area contributed by atoms with E-state index in [1.54, 1.807) is 0 Å². The monoisotopic (exact) mass is 269 g/mol. The van der Waals surface area contributed by atoms with E-state index in [1.165, 1.54) is 10.5 Å². The van der Waals surface area contributed by atoms with Gasteiger partial charge in [0.05, 0.1) is 0 Å². The molecule has 0 aromatic heterocycles. The molecule has 20 heavy (non-hydrogen) atoms. The first-order chi connectivity index (χ1) is 9.49. The summed E-state index contributed by atoms with van der Waals surface area (Å²) in [4.78, 5) is 12.5. The summed E-state index contributed by atoms with van der Waals surface area (Å²) >= 11 is 0. The van der Waals surface area contributed by atoms with Gasteiger partial charge in [-0.25, -0.2) is 4.79 Å². The Kier molecular flexibility index (Phi) is 4.14. The van der Waals surface area contributed by atoms with E-state index >= 15 is 0 Å². The van der Waals surface area contributed by atoms with Gasteiger partial charge in [0.15, 0.2) is 0 Å². The number of likely N-dealkylation sites (tertiary alicyclic amines) is 1. The van der Waals surface area contributed by atoms with Crippen molar-refractivity contribution < 1.29 is 9.90 Å². The lowest BCUT2D eigenvalue weighted by molar-refractivity contribution is 0.117. The highest BCUT2D eigenvalue weighted by molar-refractivity contribution is 5.65. The Balaban J connectivity index is 2.12. The van der Waals surface area contributed by atoms with Crippen molar-refractivity contribution in [2.75, 3.05) is 13.1 Å². The summed E-state index contributed by atoms with van der Waals surface area (Å²) < 4.78 is 0. The minimum absolute atomic E-state index is 0.151. The molecule has 0 saturated carbocycles. The molecule has 0 bridgehead atoms. The number of rotatable bonds is 0. The van der Waals surface area contributed by atoms with Gasteiger partial charge in [0, 0.05) is 24.1 Å². The van der Waals surface area contributed by atoms with Crippen LogP contribution in [0.1, 0.15) is 25.8 Å². The highest BCUT2D eigenvalue weighted by atomic mass is 16.4. The summed E-state index contributed by atoms with van der Waals surface area (Å²) in [6.45, 7) is 5.22. The van der Waals surface area contributed by atoms with Crippen molar-refractivity contribution >= 4 is 6.09 Å². The molecule has 0 aliphatic carbocycles. The predicted molar refractivity (Wildman–Crippen MR) is 79.4 cm³/mol. The van der Waals surface area contributed by atoms with E-state index in [4.69, 9.17) is 5.11 Å². The van der Waals surface area contributed by atoms with Gasteiger partial charge in [0.2, 0.25) is 0 Å². The van der Waals surface area contributed by atoms with Crippen LogP contribution in [0.3, 0.4) is 0 Å². The van der Waals surface area contributed by atoms with Gasteiger partial charge in [0.25, 0.3) is 0 Å². The number of nitrogens with zero attached hydrogens (tertiary/aromatic N) is 1. The largest absolute Gasteiger partial charge is 0.465 e. The molecule has 1 aromatic rings. The van der Waals surface area contributed by atoms with Crippen LogP contribution >= 0.6 is 0 Å². The van der Waals surface area contributed by atoms with Crippen LogP contribution in [0.2, 0.25) is 0 Å². The van der Waals surface area contributed by atoms with E-state index in [0.717, 1.165) is 12.0 Å². The molecule has 0 unspecified atom stereocenters. The fourth-order valence-corrected chi connectivity index (χ4v) is 2.41. The Bertz CT molecular complexity index is 576. The lowest BCUT2D eigenvalue weighted by atomic mass is 9.79. The SMILES string of the molecule is CC1(C)CN(C(=O)O)CC/C1=C\C#Cc1ccccc1. The third kappa shape index (κ3) is 3.42. The van der Waals surface area contributed by atoms with Gasteiger partial charge < -0.3 is 10.0 Å². The number of piperidine rings is 1. The average molecular weight is 269 g/mol. The van der Waals surface area contributed by atoms with Gasteiger partial charge in [-0.1, -0.05) is 49.5 Å². The van der Waals surface area contributed by atoms with Crippen LogP contribution in [0.15, 0.2) is 42.0 Å². The van der Waals surface area contributed by atoms with Crippen molar-refractivity contribution in [3.8, 4) is 11.8 Å². The summed E-state index contributed by atoms with van der Waals surface area (Å²) in [5, 5.41) is 9.06. The molecule has 3 nitrogen and oxygen atoms in total. The highest BCUT2D eigenvalue weighted by Gasteiger charge is 2.32. The second-order valence-corrected chi connectivity index (χ2v) is 5.64. The molecule has 1 amide bonds. The van der Waals surface area contributed by atoms with E-state index in [2.05, 4.69) is 25.7 Å². The molecule has 1 N–H and O–H groups in total. The summed E-state index contributed by atoms with van der Waals surface area (Å²) in [6, 6.07) is 9.85. The van der Waals surface area contributed by atoms with Gasteiger partial charge in [-0.05, 0) is 24.6 Å². The van der Waals surface area contributed by atoms with Crippen molar-refractivity contribution in [1.29, 1.82) is 0 Å². The third-order valence-corrected chi connectivity index (χ3v) is 3.61. The molecule has 1 fully saturated rings. The zero-order valence-corrected chi connectivity index (χ0v) is 11.9. The first-order valence-corrected chi connectivity index (χ1v) is 6.73. The van der Waals surface area contributed by atoms with Crippen LogP contribution in [-0.2, 0) is 0 Å². The molecular weight excluding hydrogens is 250 g/mol. The molecule has 0 atom stereocenters. The van der Waals surface area contributed by atoms with Crippen molar-refractivity contribution in [2.24, 2.45) is 5.41 Å². The number of amides is 1. The fraction of sp³-hybridized carbons (Fsp3) is 0.353. The summed E-state index contributed by atoms with van der Waals surface area (Å²) in [7, 11) is 0. The minimum atomic E-state index is -0.840. The van der Waals surface area contributed by atoms with Crippen molar-refractivity contribution in [3.63, 3.8) is 0 Å². The predicted octanol–water partition coefficient (Wildman–Crippen LogP) is 3.37. The van der Waals surface area contributed by atoms with Crippen LogP contribution in [0, 0.1) is 17.3 Å². The molecule has 104 valence electrons. The van der Waals surface area contributed by atoms with Crippen molar-refractivity contribution in [3.05, 3.63) is 47.5 Å². The molecule has 1 saturated heterocycles. The van der Waals surface area contributed by atoms with E-state index in [0.29, 0.717) is 13.1 Å². The standard InChI is InChI=1S/C17H19NO2/c1-17(2)13-18(16(19)20)12-11-15(17)10-6-9-14-7-4-3-5-8-14/h3-5,7-8,10H,11-13H2,1-2H3,(H,19,20)/b15-10+. The Morgan fingerprint density at radius 3 is 2.65 bits per heavy atom. The first-order valence-electron chi connectivity index (χ1n) is 6.73. The fourth-order valence-electron chi connectivity index (χ4n) is 2.41. The smallest absolute Gasteiger partial charge is 0.407 e. The third-order valence-electron chi connectivity index (χ3n) is 3.61. The molecule has 2 rings (SSSR count). The van der Waals surface area contributed by atoms with E-state index in [9.17, 15) is 4.79 Å². The van der Waals surface area contributed by atoms with Crippen LogP contribution in [-0.4, -0.2) is 29.2 Å². The molecule has 3 heteroatoms. The van der Waals surface area contributed by atoms with Crippen LogP contribution in [0.5, 0.6) is 0 Å². The number of carboxylic acid groups (broad SMARTS) is 1. The molecule has 0 spiro atoms. The Morgan fingerprint density at radius 2 is 2.05 bits per heavy atom. The lowest BCUT2D eigenvalue weighted by Gasteiger charge is -2.38. The number of carbonyl (C=O) groups is 1. The van der Waals surface area contributed by atoms with Crippen LogP contribution in [0.4, 0.5) is 4.79 Å². The summed E-state index contributed by atoms with van der Waals surface area (Å²) in [5.74, 6) is 6.20. The zero-order chi connectivity index (χ0) is 14.6. The van der Waals surface area contributed by atoms with Gasteiger partial charge in [-0.15, -0.1) is 0 Å². The number of hydrogen-bond acceptors (Lipinski definition) is 1. The number of benzene rings is 1. The summed E-state index contributed by atoms with van der Waals surface area (Å²) in [5.41, 5.74) is 2.06. The summed E-state index contributed by atoms with van der Waals surface area (Å²) in [6.07, 6.45) is 1.86. The quantitative estimate of drug-likeness (QED) is 0.733. The number of allylic oxidation sites excluding steroid dienone is 1. The van der Waals surface area contributed by atoms with Gasteiger partial charge in [-0.3, -0.25) is 0 Å². The molecule has 1 heterocycles. The maximum Gasteiger partial charge on any atom is 0.407 e. The maximum atomic E-state index is 11.0. The second kappa shape index (κ2) is 5.83. The average Bonchev–Trinajstić information content (AvgIpc) is 2.41. The van der Waals surface area contributed by atoms with E-state index in [1.807, 2.05) is 36.4 Å². The van der Waals surface area contributed by atoms with Crippen molar-refractivity contribution in [2.45, 2.75) is 20.3 Å². The van der Waals surface area contributed by atoms with E-state index in [-0.39, 0.29) is 5.41 Å². The highest BCUT2D eigenvalue weighted by Crippen LogP contribution is 2.33. The van der Waals surface area contributed by atoms with Crippen molar-refractivity contribution in [1.82, 2.24) is 4.90 Å². The first kappa shape index (κ1) is 14.2. The molecule has 1 aliphatic heterocycles. The maximum absolute atomic E-state index is 11.0. The van der Waals surface area contributed by atoms with Gasteiger partial charge in [-0.2, -0.15) is 0 Å². The minimum Gasteiger partial charge on any atom is -0.465 e. The number of hydrogen-bond donors (Lipinski definition) is 1. The topological polar surface area (TPSA) is 40.5 Å². The second-order valence-electron chi connectivity index (χ2n) is 5.64. The molecule has 1 aliphatic rings. The lowest BCUT2D eigenvalue weighted by Crippen LogP contribution is -2.44. The normalized spacial score (nSPS) is 19.3. The van der Waals surface area contributed by atoms with Gasteiger partial charge >= 0.3 is 6.09 Å². The Morgan fingerprint density at radius 1 is 1.35 bits per heavy atom. The van der Waals surface area contributed by atoms with Crippen LogP contribution in [0.25, 0.3) is 0 Å². The van der Waals surface area contributed by atoms with Crippen LogP contribution < -0.4 is 0 Å². The zero-order valence-electron chi connectivity index (χ0n) is 11.9. The molecule has 0 radical (unpaired) electrons. The Labute approximate surface area is 119 Å².